The van der Waals surface area contributed by atoms with E-state index in [1.807, 2.05) is 43.3 Å². The molecule has 0 saturated carbocycles. The molecule has 0 saturated heterocycles. The Morgan fingerprint density at radius 2 is 1.68 bits per heavy atom. The average Bonchev–Trinajstić information content (AvgIpc) is 2.78. The van der Waals surface area contributed by atoms with Gasteiger partial charge in [-0.2, -0.15) is 0 Å². The van der Waals surface area contributed by atoms with Gasteiger partial charge in [0.25, 0.3) is 5.69 Å². The van der Waals surface area contributed by atoms with Crippen LogP contribution in [-0.2, 0) is 11.2 Å². The summed E-state index contributed by atoms with van der Waals surface area (Å²) in [5.74, 6) is 0.977. The highest BCUT2D eigenvalue weighted by Crippen LogP contribution is 2.43. The van der Waals surface area contributed by atoms with Crippen LogP contribution in [0.1, 0.15) is 28.3 Å². The summed E-state index contributed by atoms with van der Waals surface area (Å²) < 4.78 is 10.9. The zero-order valence-electron chi connectivity index (χ0n) is 17.5. The highest BCUT2D eigenvalue weighted by molar-refractivity contribution is 5.98. The van der Waals surface area contributed by atoms with E-state index in [1.54, 1.807) is 31.3 Å². The summed E-state index contributed by atoms with van der Waals surface area (Å²) in [6, 6.07) is 17.2. The number of hydrogen-bond donors (Lipinski definition) is 0. The van der Waals surface area contributed by atoms with Gasteiger partial charge in [0.2, 0.25) is 5.91 Å². The normalized spacial score (nSPS) is 15.4. The maximum Gasteiger partial charge on any atom is 0.269 e. The fraction of sp³-hybridized carbons (Fsp3) is 0.208. The first-order chi connectivity index (χ1) is 14.9. The number of carbonyl (C=O) groups excluding carboxylic acids is 1. The zero-order chi connectivity index (χ0) is 22.1. The minimum absolute atomic E-state index is 0.0265. The fourth-order valence-electron chi connectivity index (χ4n) is 4.01. The number of nitro benzene ring substituents is 1. The van der Waals surface area contributed by atoms with E-state index in [2.05, 4.69) is 0 Å². The lowest BCUT2D eigenvalue weighted by molar-refractivity contribution is -0.384. The minimum Gasteiger partial charge on any atom is -0.493 e. The number of non-ortho nitro benzene ring substituents is 1. The lowest BCUT2D eigenvalue weighted by Gasteiger charge is -2.38. The summed E-state index contributed by atoms with van der Waals surface area (Å²) in [7, 11) is 3.10. The average molecular weight is 418 g/mol. The molecule has 158 valence electrons. The second-order valence-electron chi connectivity index (χ2n) is 7.44. The van der Waals surface area contributed by atoms with Crippen molar-refractivity contribution in [2.45, 2.75) is 19.4 Å². The molecule has 0 bridgehead atoms. The van der Waals surface area contributed by atoms with E-state index >= 15 is 0 Å². The van der Waals surface area contributed by atoms with Crippen molar-refractivity contribution in [3.05, 3.63) is 93.0 Å². The number of rotatable bonds is 5. The molecule has 0 aliphatic carbocycles. The lowest BCUT2D eigenvalue weighted by atomic mass is 9.86. The molecule has 1 amide bonds. The van der Waals surface area contributed by atoms with Crippen LogP contribution in [0.5, 0.6) is 11.5 Å². The highest BCUT2D eigenvalue weighted by Gasteiger charge is 2.36. The maximum atomic E-state index is 13.3. The number of carbonyl (C=O) groups is 1. The van der Waals surface area contributed by atoms with E-state index in [0.717, 1.165) is 22.4 Å². The summed E-state index contributed by atoms with van der Waals surface area (Å²) >= 11 is 0. The minimum atomic E-state index is -0.543. The van der Waals surface area contributed by atoms with E-state index in [0.29, 0.717) is 17.1 Å². The van der Waals surface area contributed by atoms with Gasteiger partial charge in [-0.1, -0.05) is 29.8 Å². The molecule has 31 heavy (non-hydrogen) atoms. The van der Waals surface area contributed by atoms with Gasteiger partial charge in [-0.3, -0.25) is 14.9 Å². The summed E-state index contributed by atoms with van der Waals surface area (Å²) in [6.07, 6.45) is 0.189. The predicted octanol–water partition coefficient (Wildman–Crippen LogP) is 4.60. The van der Waals surface area contributed by atoms with Gasteiger partial charge >= 0.3 is 0 Å². The summed E-state index contributed by atoms with van der Waals surface area (Å²) in [4.78, 5) is 26.0. The molecule has 1 atom stereocenters. The molecule has 0 N–H and O–H groups in total. The van der Waals surface area contributed by atoms with Crippen molar-refractivity contribution in [2.75, 3.05) is 19.1 Å². The third kappa shape index (κ3) is 3.70. The Balaban J connectivity index is 1.96. The van der Waals surface area contributed by atoms with Crippen LogP contribution in [0.3, 0.4) is 0 Å². The van der Waals surface area contributed by atoms with E-state index in [4.69, 9.17) is 9.47 Å². The van der Waals surface area contributed by atoms with E-state index in [9.17, 15) is 14.9 Å². The van der Waals surface area contributed by atoms with Crippen LogP contribution >= 0.6 is 0 Å². The Bertz CT molecular complexity index is 1160. The second kappa shape index (κ2) is 8.10. The molecule has 1 heterocycles. The van der Waals surface area contributed by atoms with Gasteiger partial charge in [-0.25, -0.2) is 0 Å². The molecule has 0 fully saturated rings. The number of fused-ring (bicyclic) bond motifs is 1. The number of amides is 1. The van der Waals surface area contributed by atoms with Gasteiger partial charge in [0.05, 0.1) is 31.6 Å². The largest absolute Gasteiger partial charge is 0.493 e. The molecule has 0 unspecified atom stereocenters. The van der Waals surface area contributed by atoms with Crippen LogP contribution in [-0.4, -0.2) is 25.1 Å². The lowest BCUT2D eigenvalue weighted by Crippen LogP contribution is -2.41. The Labute approximate surface area is 180 Å². The molecule has 0 aromatic heterocycles. The molecule has 0 spiro atoms. The molecule has 0 radical (unpaired) electrons. The number of hydrogen-bond acceptors (Lipinski definition) is 5. The van der Waals surface area contributed by atoms with Gasteiger partial charge in [-0.05, 0) is 47.9 Å². The van der Waals surface area contributed by atoms with Crippen molar-refractivity contribution >= 4 is 17.3 Å². The van der Waals surface area contributed by atoms with Crippen molar-refractivity contribution in [2.24, 2.45) is 0 Å². The molecular weight excluding hydrogens is 396 g/mol. The molecule has 7 heteroatoms. The summed E-state index contributed by atoms with van der Waals surface area (Å²) in [6.45, 7) is 1.98. The van der Waals surface area contributed by atoms with Gasteiger partial charge in [0.15, 0.2) is 11.5 Å². The SMILES string of the molecule is COc1cc2c(cc1OC)[C@@H](c1cccc([N+](=O)[O-])c1)N(c1ccc(C)cc1)C(=O)C2. The van der Waals surface area contributed by atoms with Crippen molar-refractivity contribution < 1.29 is 19.2 Å². The van der Waals surface area contributed by atoms with Crippen LogP contribution < -0.4 is 14.4 Å². The number of ether oxygens (including phenoxy) is 2. The molecule has 3 aromatic rings. The Morgan fingerprint density at radius 3 is 2.32 bits per heavy atom. The zero-order valence-corrected chi connectivity index (χ0v) is 17.5. The van der Waals surface area contributed by atoms with Crippen LogP contribution in [0.15, 0.2) is 60.7 Å². The molecule has 1 aliphatic rings. The number of nitrogens with zero attached hydrogens (tertiary/aromatic N) is 2. The maximum absolute atomic E-state index is 13.3. The van der Waals surface area contributed by atoms with Crippen molar-refractivity contribution in [3.63, 3.8) is 0 Å². The van der Waals surface area contributed by atoms with E-state index < -0.39 is 11.0 Å². The Hall–Kier alpha value is -3.87. The first kappa shape index (κ1) is 20.4. The smallest absolute Gasteiger partial charge is 0.269 e. The van der Waals surface area contributed by atoms with Gasteiger partial charge in [-0.15, -0.1) is 0 Å². The predicted molar refractivity (Wildman–Crippen MR) is 117 cm³/mol. The number of nitro groups is 1. The summed E-state index contributed by atoms with van der Waals surface area (Å²) in [5, 5.41) is 11.4. The topological polar surface area (TPSA) is 81.9 Å². The molecular formula is C24H22N2O5. The summed E-state index contributed by atoms with van der Waals surface area (Å²) in [5.41, 5.74) is 4.08. The van der Waals surface area contributed by atoms with Crippen LogP contribution in [0.4, 0.5) is 11.4 Å². The van der Waals surface area contributed by atoms with Crippen LogP contribution in [0.25, 0.3) is 0 Å². The van der Waals surface area contributed by atoms with Gasteiger partial charge < -0.3 is 14.4 Å². The quantitative estimate of drug-likeness (QED) is 0.447. The Morgan fingerprint density at radius 1 is 1.00 bits per heavy atom. The number of methoxy groups -OCH3 is 2. The van der Waals surface area contributed by atoms with Crippen LogP contribution in [0.2, 0.25) is 0 Å². The van der Waals surface area contributed by atoms with Gasteiger partial charge in [0, 0.05) is 17.8 Å². The molecule has 7 nitrogen and oxygen atoms in total. The first-order valence-corrected chi connectivity index (χ1v) is 9.80. The standard InChI is InChI=1S/C24H22N2O5/c1-15-7-9-18(10-8-15)25-23(27)13-17-12-21(30-2)22(31-3)14-20(17)24(25)16-5-4-6-19(11-16)26(28)29/h4-12,14,24H,13H2,1-3H3/t24-/m1/s1. The third-order valence-corrected chi connectivity index (χ3v) is 5.52. The number of aryl methyl sites for hydroxylation is 1. The van der Waals surface area contributed by atoms with E-state index in [1.165, 1.54) is 12.1 Å². The number of benzene rings is 3. The van der Waals surface area contributed by atoms with Gasteiger partial charge in [0.1, 0.15) is 0 Å². The first-order valence-electron chi connectivity index (χ1n) is 9.80. The molecule has 3 aromatic carbocycles. The molecule has 1 aliphatic heterocycles. The highest BCUT2D eigenvalue weighted by atomic mass is 16.6. The Kier molecular flexibility index (Phi) is 5.33. The molecule has 4 rings (SSSR count). The van der Waals surface area contributed by atoms with Crippen molar-refractivity contribution in [1.82, 2.24) is 0 Å². The van der Waals surface area contributed by atoms with E-state index in [-0.39, 0.29) is 18.0 Å². The second-order valence-corrected chi connectivity index (χ2v) is 7.44. The monoisotopic (exact) mass is 418 g/mol. The number of anilines is 1. The third-order valence-electron chi connectivity index (χ3n) is 5.52. The van der Waals surface area contributed by atoms with Crippen molar-refractivity contribution in [3.8, 4) is 11.5 Å². The van der Waals surface area contributed by atoms with Crippen LogP contribution in [0, 0.1) is 17.0 Å². The van der Waals surface area contributed by atoms with Crippen molar-refractivity contribution in [1.29, 1.82) is 0 Å². The fourth-order valence-corrected chi connectivity index (χ4v) is 4.01.